The van der Waals surface area contributed by atoms with E-state index in [1.807, 2.05) is 13.8 Å². The second-order valence-corrected chi connectivity index (χ2v) is 6.00. The predicted octanol–water partition coefficient (Wildman–Crippen LogP) is 1.45. The molecule has 1 saturated heterocycles. The zero-order chi connectivity index (χ0) is 14.7. The molecule has 2 rings (SSSR count). The van der Waals surface area contributed by atoms with Crippen molar-refractivity contribution in [3.05, 3.63) is 0 Å². The van der Waals surface area contributed by atoms with Gasteiger partial charge in [0.15, 0.2) is 0 Å². The molecule has 0 bridgehead atoms. The first kappa shape index (κ1) is 15.1. The summed E-state index contributed by atoms with van der Waals surface area (Å²) in [6, 6.07) is 0.0531. The first-order valence-corrected chi connectivity index (χ1v) is 7.39. The standard InChI is InChI=1S/C14H24N2O4/c1-9-7-16(8-10(2)20-9)14(19)15-12-5-3-11(4-6-12)13(17)18/h9-12H,3-8H2,1-2H3,(H,15,19)(H,17,18). The van der Waals surface area contributed by atoms with Gasteiger partial charge in [-0.25, -0.2) is 4.79 Å². The molecule has 2 atom stereocenters. The number of amides is 2. The van der Waals surface area contributed by atoms with E-state index in [0.717, 1.165) is 12.8 Å². The third kappa shape index (κ3) is 3.85. The minimum atomic E-state index is -0.717. The molecular formula is C14H24N2O4. The van der Waals surface area contributed by atoms with Gasteiger partial charge in [0, 0.05) is 19.1 Å². The number of hydrogen-bond acceptors (Lipinski definition) is 3. The van der Waals surface area contributed by atoms with Crippen molar-refractivity contribution >= 4 is 12.0 Å². The third-order valence-electron chi connectivity index (χ3n) is 4.11. The van der Waals surface area contributed by atoms with Crippen LogP contribution in [0.5, 0.6) is 0 Å². The summed E-state index contributed by atoms with van der Waals surface area (Å²) in [6.45, 7) is 5.16. The summed E-state index contributed by atoms with van der Waals surface area (Å²) in [5.74, 6) is -0.961. The Labute approximate surface area is 119 Å². The highest BCUT2D eigenvalue weighted by Crippen LogP contribution is 2.24. The first-order valence-electron chi connectivity index (χ1n) is 7.39. The number of ether oxygens (including phenoxy) is 1. The van der Waals surface area contributed by atoms with Crippen LogP contribution in [0, 0.1) is 5.92 Å². The second-order valence-electron chi connectivity index (χ2n) is 6.00. The molecule has 20 heavy (non-hydrogen) atoms. The maximum atomic E-state index is 12.2. The Balaban J connectivity index is 1.79. The normalized spacial score (nSPS) is 34.6. The van der Waals surface area contributed by atoms with Gasteiger partial charge in [-0.3, -0.25) is 4.79 Å². The van der Waals surface area contributed by atoms with Crippen molar-refractivity contribution in [3.8, 4) is 0 Å². The number of hydrogen-bond donors (Lipinski definition) is 2. The zero-order valence-corrected chi connectivity index (χ0v) is 12.2. The molecule has 2 N–H and O–H groups in total. The molecule has 6 heteroatoms. The van der Waals surface area contributed by atoms with E-state index in [1.54, 1.807) is 4.90 Å². The maximum absolute atomic E-state index is 12.2. The van der Waals surface area contributed by atoms with Crippen LogP contribution in [0.2, 0.25) is 0 Å². The third-order valence-corrected chi connectivity index (χ3v) is 4.11. The number of rotatable bonds is 2. The number of morpholine rings is 1. The Morgan fingerprint density at radius 2 is 1.65 bits per heavy atom. The summed E-state index contributed by atoms with van der Waals surface area (Å²) < 4.78 is 5.61. The number of nitrogens with zero attached hydrogens (tertiary/aromatic N) is 1. The van der Waals surface area contributed by atoms with Gasteiger partial charge in [0.25, 0.3) is 0 Å². The van der Waals surface area contributed by atoms with Gasteiger partial charge in [-0.2, -0.15) is 0 Å². The van der Waals surface area contributed by atoms with Gasteiger partial charge < -0.3 is 20.1 Å². The molecule has 1 saturated carbocycles. The van der Waals surface area contributed by atoms with Crippen LogP contribution in [0.4, 0.5) is 4.79 Å². The van der Waals surface area contributed by atoms with Crippen molar-refractivity contribution in [2.24, 2.45) is 5.92 Å². The average Bonchev–Trinajstić information content (AvgIpc) is 2.38. The maximum Gasteiger partial charge on any atom is 0.317 e. The zero-order valence-electron chi connectivity index (χ0n) is 12.2. The summed E-state index contributed by atoms with van der Waals surface area (Å²) in [4.78, 5) is 24.9. The highest BCUT2D eigenvalue weighted by molar-refractivity contribution is 5.75. The van der Waals surface area contributed by atoms with Gasteiger partial charge in [0.1, 0.15) is 0 Å². The Bertz CT molecular complexity index is 356. The van der Waals surface area contributed by atoms with Gasteiger partial charge in [-0.1, -0.05) is 0 Å². The van der Waals surface area contributed by atoms with E-state index in [0.29, 0.717) is 25.9 Å². The molecule has 2 aliphatic rings. The van der Waals surface area contributed by atoms with E-state index >= 15 is 0 Å². The fourth-order valence-electron chi connectivity index (χ4n) is 3.09. The summed E-state index contributed by atoms with van der Waals surface area (Å²) in [5, 5.41) is 12.0. The van der Waals surface area contributed by atoms with Gasteiger partial charge in [0.05, 0.1) is 18.1 Å². The molecule has 114 valence electrons. The van der Waals surface area contributed by atoms with Crippen molar-refractivity contribution in [1.82, 2.24) is 10.2 Å². The molecule has 0 radical (unpaired) electrons. The van der Waals surface area contributed by atoms with Crippen LogP contribution in [0.15, 0.2) is 0 Å². The predicted molar refractivity (Wildman–Crippen MR) is 73.5 cm³/mol. The summed E-state index contributed by atoms with van der Waals surface area (Å²) in [7, 11) is 0. The number of carboxylic acids is 1. The summed E-state index contributed by atoms with van der Waals surface area (Å²) in [5.41, 5.74) is 0. The van der Waals surface area contributed by atoms with Gasteiger partial charge in [-0.15, -0.1) is 0 Å². The Morgan fingerprint density at radius 3 is 2.15 bits per heavy atom. The molecule has 0 aromatic carbocycles. The van der Waals surface area contributed by atoms with E-state index in [4.69, 9.17) is 9.84 Å². The molecule has 2 amide bonds. The SMILES string of the molecule is CC1CN(C(=O)NC2CCC(C(=O)O)CC2)CC(C)O1. The number of carbonyl (C=O) groups is 2. The smallest absolute Gasteiger partial charge is 0.317 e. The van der Waals surface area contributed by atoms with Crippen molar-refractivity contribution in [2.75, 3.05) is 13.1 Å². The van der Waals surface area contributed by atoms with Crippen molar-refractivity contribution in [1.29, 1.82) is 0 Å². The minimum Gasteiger partial charge on any atom is -0.481 e. The lowest BCUT2D eigenvalue weighted by atomic mass is 9.86. The summed E-state index contributed by atoms with van der Waals surface area (Å²) >= 11 is 0. The fourth-order valence-corrected chi connectivity index (χ4v) is 3.09. The van der Waals surface area contributed by atoms with Gasteiger partial charge >= 0.3 is 12.0 Å². The minimum absolute atomic E-state index is 0.0502. The molecule has 0 spiro atoms. The Hall–Kier alpha value is -1.30. The molecule has 2 fully saturated rings. The number of nitrogens with one attached hydrogen (secondary N) is 1. The molecule has 6 nitrogen and oxygen atoms in total. The number of aliphatic carboxylic acids is 1. The van der Waals surface area contributed by atoms with Crippen LogP contribution in [0.1, 0.15) is 39.5 Å². The van der Waals surface area contributed by atoms with Gasteiger partial charge in [-0.05, 0) is 39.5 Å². The van der Waals surface area contributed by atoms with E-state index in [1.165, 1.54) is 0 Å². The second kappa shape index (κ2) is 6.43. The summed E-state index contributed by atoms with van der Waals surface area (Å²) in [6.07, 6.45) is 2.92. The average molecular weight is 284 g/mol. The molecule has 1 heterocycles. The highest BCUT2D eigenvalue weighted by Gasteiger charge is 2.30. The lowest BCUT2D eigenvalue weighted by molar-refractivity contribution is -0.142. The quantitative estimate of drug-likeness (QED) is 0.804. The van der Waals surface area contributed by atoms with E-state index < -0.39 is 5.97 Å². The Kier molecular flexibility index (Phi) is 4.86. The molecule has 0 aromatic rings. The fraction of sp³-hybridized carbons (Fsp3) is 0.857. The number of carbonyl (C=O) groups excluding carboxylic acids is 1. The van der Waals surface area contributed by atoms with E-state index in [2.05, 4.69) is 5.32 Å². The van der Waals surface area contributed by atoms with Gasteiger partial charge in [0.2, 0.25) is 0 Å². The topological polar surface area (TPSA) is 78.9 Å². The highest BCUT2D eigenvalue weighted by atomic mass is 16.5. The molecule has 2 unspecified atom stereocenters. The molecule has 1 aliphatic heterocycles. The van der Waals surface area contributed by atoms with Crippen molar-refractivity contribution < 1.29 is 19.4 Å². The number of urea groups is 1. The number of carboxylic acid groups (broad SMARTS) is 1. The van der Waals surface area contributed by atoms with Crippen LogP contribution < -0.4 is 5.32 Å². The van der Waals surface area contributed by atoms with Crippen LogP contribution in [-0.2, 0) is 9.53 Å². The molecule has 0 aromatic heterocycles. The van der Waals surface area contributed by atoms with Crippen molar-refractivity contribution in [3.63, 3.8) is 0 Å². The van der Waals surface area contributed by atoms with E-state index in [-0.39, 0.29) is 30.2 Å². The van der Waals surface area contributed by atoms with Crippen LogP contribution in [-0.4, -0.2) is 53.3 Å². The van der Waals surface area contributed by atoms with Crippen LogP contribution in [0.3, 0.4) is 0 Å². The van der Waals surface area contributed by atoms with E-state index in [9.17, 15) is 9.59 Å². The molecular weight excluding hydrogens is 260 g/mol. The van der Waals surface area contributed by atoms with Crippen LogP contribution >= 0.6 is 0 Å². The molecule has 1 aliphatic carbocycles. The first-order chi connectivity index (χ1) is 9.45. The lowest BCUT2D eigenvalue weighted by Crippen LogP contribution is -2.53. The largest absolute Gasteiger partial charge is 0.481 e. The van der Waals surface area contributed by atoms with Crippen LogP contribution in [0.25, 0.3) is 0 Å². The monoisotopic (exact) mass is 284 g/mol. The lowest BCUT2D eigenvalue weighted by Gasteiger charge is -2.37. The Morgan fingerprint density at radius 1 is 1.10 bits per heavy atom. The van der Waals surface area contributed by atoms with Crippen molar-refractivity contribution in [2.45, 2.75) is 57.8 Å².